The van der Waals surface area contributed by atoms with Gasteiger partial charge < -0.3 is 4.74 Å². The molecule has 0 heterocycles. The molecule has 0 aromatic carbocycles. The van der Waals surface area contributed by atoms with E-state index in [1.54, 1.807) is 13.0 Å². The Morgan fingerprint density at radius 2 is 1.93 bits per heavy atom. The fraction of sp³-hybridized carbons (Fsp3) is 0.417. The molecule has 0 radical (unpaired) electrons. The number of allylic oxidation sites excluding steroid dienone is 2. The van der Waals surface area contributed by atoms with E-state index in [9.17, 15) is 4.79 Å². The van der Waals surface area contributed by atoms with Crippen LogP contribution in [-0.4, -0.2) is 20.3 Å². The number of hydrogen-bond acceptors (Lipinski definition) is 2. The average molecular weight is 224 g/mol. The van der Waals surface area contributed by atoms with Crippen LogP contribution in [0.2, 0.25) is 19.1 Å². The Bertz CT molecular complexity index is 290. The minimum Gasteiger partial charge on any atom is -0.466 e. The lowest BCUT2D eigenvalue weighted by Crippen LogP contribution is -2.34. The third kappa shape index (κ3) is 6.07. The van der Waals surface area contributed by atoms with Crippen LogP contribution in [0.4, 0.5) is 0 Å². The lowest BCUT2D eigenvalue weighted by atomic mass is 10.4. The second kappa shape index (κ2) is 5.71. The van der Waals surface area contributed by atoms with Gasteiger partial charge in [0.2, 0.25) is 0 Å². The van der Waals surface area contributed by atoms with E-state index in [0.29, 0.717) is 11.8 Å². The molecule has 0 amide bonds. The van der Waals surface area contributed by atoms with Crippen LogP contribution < -0.4 is 0 Å². The quantitative estimate of drug-likeness (QED) is 0.300. The zero-order valence-electron chi connectivity index (χ0n) is 9.93. The highest BCUT2D eigenvalue weighted by Crippen LogP contribution is 2.16. The van der Waals surface area contributed by atoms with Crippen molar-refractivity contribution in [2.75, 3.05) is 6.23 Å². The molecule has 0 aliphatic carbocycles. The molecule has 0 aromatic rings. The van der Waals surface area contributed by atoms with E-state index in [2.05, 4.69) is 32.8 Å². The highest BCUT2D eigenvalue weighted by Gasteiger charge is 2.23. The van der Waals surface area contributed by atoms with E-state index in [1.165, 1.54) is 0 Å². The number of esters is 1. The zero-order valence-corrected chi connectivity index (χ0v) is 10.9. The first kappa shape index (κ1) is 13.9. The van der Waals surface area contributed by atoms with Gasteiger partial charge in [-0.1, -0.05) is 44.5 Å². The summed E-state index contributed by atoms with van der Waals surface area (Å²) in [5.41, 5.74) is 1.46. The molecule has 2 nitrogen and oxygen atoms in total. The maximum absolute atomic E-state index is 11.2. The van der Waals surface area contributed by atoms with Crippen LogP contribution in [0.15, 0.2) is 37.0 Å². The standard InChI is InChI=1S/C12H20O2Si/c1-7-11(4)8-15(5,6)9-14-12(13)10(2)3/h7H,1-2,4,8-9H2,3,5-6H3. The van der Waals surface area contributed by atoms with Gasteiger partial charge in [0, 0.05) is 5.57 Å². The molecular weight excluding hydrogens is 204 g/mol. The smallest absolute Gasteiger partial charge is 0.332 e. The third-order valence-electron chi connectivity index (χ3n) is 1.94. The van der Waals surface area contributed by atoms with Gasteiger partial charge in [0.25, 0.3) is 0 Å². The minimum absolute atomic E-state index is 0.306. The van der Waals surface area contributed by atoms with Crippen molar-refractivity contribution < 1.29 is 9.53 Å². The van der Waals surface area contributed by atoms with Gasteiger partial charge in [0.15, 0.2) is 0 Å². The number of ether oxygens (including phenoxy) is 1. The fourth-order valence-electron chi connectivity index (χ4n) is 1.12. The van der Waals surface area contributed by atoms with Crippen LogP contribution in [0.1, 0.15) is 6.92 Å². The zero-order chi connectivity index (χ0) is 12.1. The largest absolute Gasteiger partial charge is 0.466 e. The molecule has 0 spiro atoms. The summed E-state index contributed by atoms with van der Waals surface area (Å²) < 4.78 is 5.16. The molecule has 0 unspecified atom stereocenters. The summed E-state index contributed by atoms with van der Waals surface area (Å²) in [5.74, 6) is -0.306. The van der Waals surface area contributed by atoms with E-state index in [0.717, 1.165) is 11.6 Å². The number of hydrogen-bond donors (Lipinski definition) is 0. The minimum atomic E-state index is -1.55. The molecule has 0 aliphatic heterocycles. The van der Waals surface area contributed by atoms with Crippen LogP contribution in [0.25, 0.3) is 0 Å². The van der Waals surface area contributed by atoms with Crippen molar-refractivity contribution in [1.82, 2.24) is 0 Å². The van der Waals surface area contributed by atoms with Crippen LogP contribution in [0.3, 0.4) is 0 Å². The SMILES string of the molecule is C=CC(=C)C[Si](C)(C)COC(=O)C(=C)C. The molecular formula is C12H20O2Si. The molecule has 0 aliphatic rings. The van der Waals surface area contributed by atoms with E-state index in [4.69, 9.17) is 4.74 Å². The van der Waals surface area contributed by atoms with Gasteiger partial charge in [-0.2, -0.15) is 0 Å². The van der Waals surface area contributed by atoms with Crippen LogP contribution >= 0.6 is 0 Å². The van der Waals surface area contributed by atoms with Crippen molar-refractivity contribution in [3.8, 4) is 0 Å². The van der Waals surface area contributed by atoms with Crippen molar-refractivity contribution in [2.24, 2.45) is 0 Å². The van der Waals surface area contributed by atoms with Gasteiger partial charge in [0.05, 0.1) is 14.3 Å². The van der Waals surface area contributed by atoms with Gasteiger partial charge in [-0.05, 0) is 13.0 Å². The number of rotatable bonds is 6. The summed E-state index contributed by atoms with van der Waals surface area (Å²) in [7, 11) is -1.55. The fourth-order valence-corrected chi connectivity index (χ4v) is 3.12. The lowest BCUT2D eigenvalue weighted by molar-refractivity contribution is -0.137. The molecule has 0 atom stereocenters. The van der Waals surface area contributed by atoms with Gasteiger partial charge in [-0.15, -0.1) is 0 Å². The Labute approximate surface area is 93.3 Å². The summed E-state index contributed by atoms with van der Waals surface area (Å²) in [5, 5.41) is 0. The Morgan fingerprint density at radius 1 is 1.40 bits per heavy atom. The van der Waals surface area contributed by atoms with Gasteiger partial charge in [-0.3, -0.25) is 0 Å². The van der Waals surface area contributed by atoms with E-state index in [-0.39, 0.29) is 5.97 Å². The molecule has 0 saturated carbocycles. The highest BCUT2D eigenvalue weighted by atomic mass is 28.3. The Balaban J connectivity index is 4.15. The predicted molar refractivity (Wildman–Crippen MR) is 67.4 cm³/mol. The monoisotopic (exact) mass is 224 g/mol. The first-order valence-electron chi connectivity index (χ1n) is 4.91. The molecule has 0 saturated heterocycles. The lowest BCUT2D eigenvalue weighted by Gasteiger charge is -2.21. The summed E-state index contributed by atoms with van der Waals surface area (Å²) in [6.45, 7) is 17.1. The van der Waals surface area contributed by atoms with Crippen molar-refractivity contribution in [1.29, 1.82) is 0 Å². The Kier molecular flexibility index (Phi) is 5.29. The number of carbonyl (C=O) groups excluding carboxylic acids is 1. The van der Waals surface area contributed by atoms with Crippen LogP contribution in [-0.2, 0) is 9.53 Å². The molecule has 0 rings (SSSR count). The normalized spacial score (nSPS) is 10.6. The molecule has 0 N–H and O–H groups in total. The third-order valence-corrected chi connectivity index (χ3v) is 4.27. The number of carbonyl (C=O) groups is 1. The maximum Gasteiger partial charge on any atom is 0.332 e. The predicted octanol–water partition coefficient (Wildman–Crippen LogP) is 3.10. The summed E-state index contributed by atoms with van der Waals surface area (Å²) >= 11 is 0. The van der Waals surface area contributed by atoms with Gasteiger partial charge in [0.1, 0.15) is 0 Å². The second-order valence-corrected chi connectivity index (χ2v) is 9.53. The topological polar surface area (TPSA) is 26.3 Å². The van der Waals surface area contributed by atoms with E-state index in [1.807, 2.05) is 0 Å². The van der Waals surface area contributed by atoms with Crippen LogP contribution in [0.5, 0.6) is 0 Å². The summed E-state index contributed by atoms with van der Waals surface area (Å²) in [6.07, 6.45) is 2.26. The van der Waals surface area contributed by atoms with Crippen molar-refractivity contribution in [3.05, 3.63) is 37.0 Å². The van der Waals surface area contributed by atoms with Gasteiger partial charge in [-0.25, -0.2) is 4.79 Å². The van der Waals surface area contributed by atoms with Crippen LogP contribution in [0, 0.1) is 0 Å². The van der Waals surface area contributed by atoms with E-state index >= 15 is 0 Å². The molecule has 0 bridgehead atoms. The summed E-state index contributed by atoms with van der Waals surface area (Å²) in [6, 6.07) is 0.903. The molecule has 0 fully saturated rings. The Morgan fingerprint density at radius 3 is 2.33 bits per heavy atom. The van der Waals surface area contributed by atoms with Crippen molar-refractivity contribution in [3.63, 3.8) is 0 Å². The van der Waals surface area contributed by atoms with E-state index < -0.39 is 8.07 Å². The molecule has 3 heteroatoms. The molecule has 84 valence electrons. The average Bonchev–Trinajstić information content (AvgIpc) is 2.13. The highest BCUT2D eigenvalue weighted by molar-refractivity contribution is 6.78. The molecule has 0 aromatic heterocycles. The summed E-state index contributed by atoms with van der Waals surface area (Å²) in [4.78, 5) is 11.2. The second-order valence-electron chi connectivity index (χ2n) is 4.56. The first-order chi connectivity index (χ1) is 6.78. The first-order valence-corrected chi connectivity index (χ1v) is 8.33. The van der Waals surface area contributed by atoms with Crippen molar-refractivity contribution in [2.45, 2.75) is 26.1 Å². The molecule has 15 heavy (non-hydrogen) atoms. The maximum atomic E-state index is 11.2. The van der Waals surface area contributed by atoms with Gasteiger partial charge >= 0.3 is 5.97 Å². The van der Waals surface area contributed by atoms with Crippen molar-refractivity contribution >= 4 is 14.0 Å². The Hall–Kier alpha value is -1.09.